The van der Waals surface area contributed by atoms with E-state index in [1.807, 2.05) is 11.0 Å². The topological polar surface area (TPSA) is 41.3 Å². The van der Waals surface area contributed by atoms with Gasteiger partial charge in [0.2, 0.25) is 5.91 Å². The Kier molecular flexibility index (Phi) is 4.05. The Morgan fingerprint density at radius 3 is 2.95 bits per heavy atom. The van der Waals surface area contributed by atoms with E-state index in [4.69, 9.17) is 0 Å². The van der Waals surface area contributed by atoms with Gasteiger partial charge in [0, 0.05) is 19.6 Å². The zero-order valence-electron chi connectivity index (χ0n) is 11.6. The fraction of sp³-hybridized carbons (Fsp3) is 0.533. The zero-order valence-corrected chi connectivity index (χ0v) is 11.6. The predicted octanol–water partition coefficient (Wildman–Crippen LogP) is 2.00. The van der Waals surface area contributed by atoms with Gasteiger partial charge in [-0.3, -0.25) is 9.69 Å². The minimum Gasteiger partial charge on any atom is -0.435 e. The minimum atomic E-state index is -2.82. The average molecular weight is 296 g/mol. The molecule has 114 valence electrons. The second-order valence-electron chi connectivity index (χ2n) is 5.66. The highest BCUT2D eigenvalue weighted by Crippen LogP contribution is 2.28. The van der Waals surface area contributed by atoms with Gasteiger partial charge in [-0.05, 0) is 36.5 Å². The van der Waals surface area contributed by atoms with Gasteiger partial charge in [-0.2, -0.15) is 8.78 Å². The summed E-state index contributed by atoms with van der Waals surface area (Å²) in [5, 5.41) is 2.96. The number of alkyl halides is 2. The summed E-state index contributed by atoms with van der Waals surface area (Å²) in [5.41, 5.74) is 0.866. The number of hydrogen-bond donors (Lipinski definition) is 1. The fourth-order valence-corrected chi connectivity index (χ4v) is 2.34. The number of hydrogen-bond acceptors (Lipinski definition) is 3. The van der Waals surface area contributed by atoms with Crippen LogP contribution in [0.15, 0.2) is 24.3 Å². The Balaban J connectivity index is 1.47. The molecule has 2 atom stereocenters. The van der Waals surface area contributed by atoms with Gasteiger partial charge >= 0.3 is 6.61 Å². The first-order chi connectivity index (χ1) is 10.1. The smallest absolute Gasteiger partial charge is 0.387 e. The number of amides is 1. The first kappa shape index (κ1) is 14.3. The van der Waals surface area contributed by atoms with Crippen molar-refractivity contribution < 1.29 is 18.3 Å². The highest BCUT2D eigenvalue weighted by molar-refractivity contribution is 5.84. The summed E-state index contributed by atoms with van der Waals surface area (Å²) in [7, 11) is 0. The van der Waals surface area contributed by atoms with Crippen molar-refractivity contribution in [2.75, 3.05) is 13.1 Å². The molecule has 1 amide bonds. The Bertz CT molecular complexity index is 520. The third kappa shape index (κ3) is 4.14. The highest BCUT2D eigenvalue weighted by Gasteiger charge is 2.40. The molecular weight excluding hydrogens is 278 g/mol. The van der Waals surface area contributed by atoms with Crippen LogP contribution in [0.2, 0.25) is 0 Å². The molecule has 4 nitrogen and oxygen atoms in total. The van der Waals surface area contributed by atoms with E-state index in [2.05, 4.69) is 10.1 Å². The van der Waals surface area contributed by atoms with E-state index in [-0.39, 0.29) is 17.7 Å². The second kappa shape index (κ2) is 5.97. The van der Waals surface area contributed by atoms with E-state index in [0.29, 0.717) is 12.5 Å². The molecule has 0 radical (unpaired) electrons. The van der Waals surface area contributed by atoms with Crippen molar-refractivity contribution in [1.29, 1.82) is 0 Å². The lowest BCUT2D eigenvalue weighted by molar-refractivity contribution is -0.121. The van der Waals surface area contributed by atoms with Gasteiger partial charge in [0.1, 0.15) is 11.8 Å². The Morgan fingerprint density at radius 2 is 2.24 bits per heavy atom. The zero-order chi connectivity index (χ0) is 14.8. The van der Waals surface area contributed by atoms with Crippen LogP contribution in [0.1, 0.15) is 18.4 Å². The number of carbonyl (C=O) groups is 1. The van der Waals surface area contributed by atoms with Gasteiger partial charge in [-0.15, -0.1) is 0 Å². The normalized spacial score (nSPS) is 24.0. The SMILES string of the molecule is O=C(NCC1CC1)C1CN1Cc1cccc(OC(F)F)c1. The molecule has 2 fully saturated rings. The Morgan fingerprint density at radius 1 is 1.43 bits per heavy atom. The van der Waals surface area contributed by atoms with Gasteiger partial charge in [0.25, 0.3) is 0 Å². The van der Waals surface area contributed by atoms with Gasteiger partial charge in [0.05, 0.1) is 0 Å². The molecule has 1 saturated carbocycles. The molecule has 1 N–H and O–H groups in total. The number of nitrogens with one attached hydrogen (secondary N) is 1. The molecule has 2 aliphatic rings. The van der Waals surface area contributed by atoms with Crippen LogP contribution in [-0.4, -0.2) is 36.5 Å². The van der Waals surface area contributed by atoms with Crippen molar-refractivity contribution in [2.45, 2.75) is 32.0 Å². The Labute approximate surface area is 122 Å². The summed E-state index contributed by atoms with van der Waals surface area (Å²) >= 11 is 0. The van der Waals surface area contributed by atoms with Crippen molar-refractivity contribution in [1.82, 2.24) is 10.2 Å². The molecule has 1 heterocycles. The van der Waals surface area contributed by atoms with E-state index in [0.717, 1.165) is 18.7 Å². The van der Waals surface area contributed by atoms with Crippen molar-refractivity contribution in [2.24, 2.45) is 5.92 Å². The summed E-state index contributed by atoms with van der Waals surface area (Å²) in [6, 6.07) is 6.53. The number of ether oxygens (including phenoxy) is 1. The number of benzene rings is 1. The number of nitrogens with zero attached hydrogens (tertiary/aromatic N) is 1. The molecule has 3 rings (SSSR count). The standard InChI is InChI=1S/C15H18F2N2O2/c16-15(17)21-12-3-1-2-11(6-12)8-19-9-13(19)14(20)18-7-10-4-5-10/h1-3,6,10,13,15H,4-5,7-9H2,(H,18,20). The summed E-state index contributed by atoms with van der Waals surface area (Å²) in [6.07, 6.45) is 2.43. The lowest BCUT2D eigenvalue weighted by atomic mass is 10.2. The van der Waals surface area contributed by atoms with Crippen LogP contribution in [0, 0.1) is 5.92 Å². The maximum absolute atomic E-state index is 12.2. The van der Waals surface area contributed by atoms with Gasteiger partial charge in [0.15, 0.2) is 0 Å². The van der Waals surface area contributed by atoms with Crippen LogP contribution in [0.3, 0.4) is 0 Å². The average Bonchev–Trinajstić information content (AvgIpc) is 3.31. The first-order valence-electron chi connectivity index (χ1n) is 7.17. The molecule has 1 aliphatic heterocycles. The lowest BCUT2D eigenvalue weighted by Gasteiger charge is -2.08. The minimum absolute atomic E-state index is 0.0712. The summed E-state index contributed by atoms with van der Waals surface area (Å²) < 4.78 is 28.7. The molecule has 1 aromatic rings. The Hall–Kier alpha value is -1.69. The number of rotatable bonds is 7. The van der Waals surface area contributed by atoms with Gasteiger partial charge in [-0.25, -0.2) is 0 Å². The molecule has 21 heavy (non-hydrogen) atoms. The van der Waals surface area contributed by atoms with E-state index >= 15 is 0 Å². The highest BCUT2D eigenvalue weighted by atomic mass is 19.3. The molecule has 0 aromatic heterocycles. The lowest BCUT2D eigenvalue weighted by Crippen LogP contribution is -2.31. The monoisotopic (exact) mass is 296 g/mol. The molecule has 0 spiro atoms. The van der Waals surface area contributed by atoms with E-state index in [1.165, 1.54) is 18.9 Å². The number of halogens is 2. The maximum Gasteiger partial charge on any atom is 0.387 e. The molecule has 1 saturated heterocycles. The van der Waals surface area contributed by atoms with Crippen molar-refractivity contribution in [3.05, 3.63) is 29.8 Å². The van der Waals surface area contributed by atoms with E-state index in [1.54, 1.807) is 12.1 Å². The molecular formula is C15H18F2N2O2. The van der Waals surface area contributed by atoms with Gasteiger partial charge in [-0.1, -0.05) is 12.1 Å². The summed E-state index contributed by atoms with van der Waals surface area (Å²) in [5.74, 6) is 0.894. The van der Waals surface area contributed by atoms with Crippen molar-refractivity contribution >= 4 is 5.91 Å². The van der Waals surface area contributed by atoms with E-state index < -0.39 is 6.61 Å². The molecule has 0 bridgehead atoms. The van der Waals surface area contributed by atoms with Crippen LogP contribution >= 0.6 is 0 Å². The summed E-state index contributed by atoms with van der Waals surface area (Å²) in [4.78, 5) is 13.9. The van der Waals surface area contributed by atoms with Crippen molar-refractivity contribution in [3.8, 4) is 5.75 Å². The van der Waals surface area contributed by atoms with Crippen LogP contribution in [0.5, 0.6) is 5.75 Å². The molecule has 2 unspecified atom stereocenters. The van der Waals surface area contributed by atoms with Crippen LogP contribution in [0.4, 0.5) is 8.78 Å². The van der Waals surface area contributed by atoms with Crippen LogP contribution in [0.25, 0.3) is 0 Å². The largest absolute Gasteiger partial charge is 0.435 e. The third-order valence-corrected chi connectivity index (χ3v) is 3.79. The van der Waals surface area contributed by atoms with Crippen molar-refractivity contribution in [3.63, 3.8) is 0 Å². The van der Waals surface area contributed by atoms with Crippen LogP contribution < -0.4 is 10.1 Å². The maximum atomic E-state index is 12.2. The van der Waals surface area contributed by atoms with Crippen LogP contribution in [-0.2, 0) is 11.3 Å². The quantitative estimate of drug-likeness (QED) is 0.783. The van der Waals surface area contributed by atoms with E-state index in [9.17, 15) is 13.6 Å². The second-order valence-corrected chi connectivity index (χ2v) is 5.66. The fourth-order valence-electron chi connectivity index (χ4n) is 2.34. The first-order valence-corrected chi connectivity index (χ1v) is 7.17. The van der Waals surface area contributed by atoms with Gasteiger partial charge < -0.3 is 10.1 Å². The number of carbonyl (C=O) groups excluding carboxylic acids is 1. The third-order valence-electron chi connectivity index (χ3n) is 3.79. The molecule has 6 heteroatoms. The molecule has 1 aliphatic carbocycles. The molecule has 1 aromatic carbocycles. The summed E-state index contributed by atoms with van der Waals surface area (Å²) in [6.45, 7) is -0.748. The predicted molar refractivity (Wildman–Crippen MR) is 73.0 cm³/mol.